The molecule has 0 spiro atoms. The first kappa shape index (κ1) is 14.5. The lowest BCUT2D eigenvalue weighted by Crippen LogP contribution is -2.12. The molecule has 0 saturated heterocycles. The van der Waals surface area contributed by atoms with E-state index in [9.17, 15) is 4.79 Å². The van der Waals surface area contributed by atoms with Crippen LogP contribution in [0.2, 0.25) is 0 Å². The maximum Gasteiger partial charge on any atom is 0.251 e. The summed E-state index contributed by atoms with van der Waals surface area (Å²) in [5.74, 6) is 0.676. The average Bonchev–Trinajstić information content (AvgIpc) is 3.26. The summed E-state index contributed by atoms with van der Waals surface area (Å²) in [4.78, 5) is 12.0. The smallest absolute Gasteiger partial charge is 0.251 e. The van der Waals surface area contributed by atoms with Crippen LogP contribution in [0.4, 0.5) is 0 Å². The number of carbonyl (C=O) groups is 1. The molecular weight excluding hydrogens is 306 g/mol. The highest BCUT2D eigenvalue weighted by molar-refractivity contribution is 6.00. The number of rotatable bonds is 4. The van der Waals surface area contributed by atoms with Crippen molar-refractivity contribution in [1.82, 2.24) is 24.9 Å². The van der Waals surface area contributed by atoms with E-state index < -0.39 is 0 Å². The highest BCUT2D eigenvalue weighted by Gasteiger charge is 2.23. The van der Waals surface area contributed by atoms with E-state index in [4.69, 9.17) is 4.74 Å². The van der Waals surface area contributed by atoms with Gasteiger partial charge >= 0.3 is 0 Å². The van der Waals surface area contributed by atoms with Gasteiger partial charge in [-0.1, -0.05) is 0 Å². The van der Waals surface area contributed by atoms with Crippen molar-refractivity contribution in [3.05, 3.63) is 53.6 Å². The zero-order chi connectivity index (χ0) is 16.7. The number of aromatic nitrogens is 4. The second-order valence-electron chi connectivity index (χ2n) is 5.86. The molecule has 0 aliphatic carbocycles. The molecule has 2 aromatic heterocycles. The Labute approximate surface area is 138 Å². The van der Waals surface area contributed by atoms with Crippen molar-refractivity contribution >= 4 is 5.91 Å². The normalized spacial score (nSPS) is 13.0. The van der Waals surface area contributed by atoms with Gasteiger partial charge in [0.25, 0.3) is 5.91 Å². The fourth-order valence-electron chi connectivity index (χ4n) is 2.85. The van der Waals surface area contributed by atoms with Gasteiger partial charge in [-0.3, -0.25) is 14.2 Å². The number of hydrogen-bond acceptors (Lipinski definition) is 4. The van der Waals surface area contributed by atoms with Gasteiger partial charge in [-0.05, 0) is 23.8 Å². The molecule has 4 rings (SSSR count). The molecular formula is C17H17N5O2. The van der Waals surface area contributed by atoms with Crippen LogP contribution in [0.3, 0.4) is 0 Å². The molecule has 0 fully saturated rings. The molecule has 7 heteroatoms. The largest absolute Gasteiger partial charge is 0.487 e. The Kier molecular flexibility index (Phi) is 3.34. The summed E-state index contributed by atoms with van der Waals surface area (Å²) in [6.07, 6.45) is 5.55. The third-order valence-electron chi connectivity index (χ3n) is 4.05. The first-order valence-corrected chi connectivity index (χ1v) is 7.65. The molecule has 0 saturated carbocycles. The fourth-order valence-corrected chi connectivity index (χ4v) is 2.85. The number of aryl methyl sites for hydroxylation is 2. The lowest BCUT2D eigenvalue weighted by atomic mass is 10.0. The minimum atomic E-state index is -0.0496. The van der Waals surface area contributed by atoms with Crippen LogP contribution in [0.1, 0.15) is 21.6 Å². The number of ether oxygens (including phenoxy) is 1. The third-order valence-corrected chi connectivity index (χ3v) is 4.05. The molecule has 0 unspecified atom stereocenters. The topological polar surface area (TPSA) is 74.0 Å². The Morgan fingerprint density at radius 3 is 2.83 bits per heavy atom. The second-order valence-corrected chi connectivity index (χ2v) is 5.86. The van der Waals surface area contributed by atoms with E-state index in [1.165, 1.54) is 0 Å². The van der Waals surface area contributed by atoms with Crippen LogP contribution in [0.25, 0.3) is 11.1 Å². The standard InChI is InChI=1S/C17H17N5O2/c1-21-4-3-13(20-21)10-24-16-5-11-7-18-17(23)15(11)6-14(16)12-8-19-22(2)9-12/h3-6,8-9H,7,10H2,1-2H3,(H,18,23). The number of nitrogens with one attached hydrogen (secondary N) is 1. The lowest BCUT2D eigenvalue weighted by molar-refractivity contribution is 0.0966. The monoisotopic (exact) mass is 323 g/mol. The maximum absolute atomic E-state index is 12.0. The van der Waals surface area contributed by atoms with Gasteiger partial charge < -0.3 is 10.1 Å². The molecule has 0 bridgehead atoms. The summed E-state index contributed by atoms with van der Waals surface area (Å²) >= 11 is 0. The van der Waals surface area contributed by atoms with Crippen molar-refractivity contribution in [2.75, 3.05) is 0 Å². The van der Waals surface area contributed by atoms with E-state index in [1.54, 1.807) is 15.6 Å². The van der Waals surface area contributed by atoms with E-state index in [0.29, 0.717) is 18.7 Å². The van der Waals surface area contributed by atoms with E-state index in [0.717, 1.165) is 28.1 Å². The van der Waals surface area contributed by atoms with E-state index in [2.05, 4.69) is 15.5 Å². The van der Waals surface area contributed by atoms with E-state index in [1.807, 2.05) is 44.7 Å². The minimum Gasteiger partial charge on any atom is -0.487 e. The molecule has 1 N–H and O–H groups in total. The van der Waals surface area contributed by atoms with Crippen LogP contribution in [-0.2, 0) is 27.2 Å². The molecule has 122 valence electrons. The van der Waals surface area contributed by atoms with Gasteiger partial charge in [-0.25, -0.2) is 0 Å². The Morgan fingerprint density at radius 2 is 2.12 bits per heavy atom. The molecule has 0 radical (unpaired) electrons. The van der Waals surface area contributed by atoms with Crippen LogP contribution in [0.5, 0.6) is 5.75 Å². The van der Waals surface area contributed by atoms with E-state index >= 15 is 0 Å². The van der Waals surface area contributed by atoms with E-state index in [-0.39, 0.29) is 5.91 Å². The molecule has 1 aliphatic heterocycles. The zero-order valence-electron chi connectivity index (χ0n) is 13.5. The number of carbonyl (C=O) groups excluding carboxylic acids is 1. The predicted molar refractivity (Wildman–Crippen MR) is 87.4 cm³/mol. The molecule has 3 aromatic rings. The summed E-state index contributed by atoms with van der Waals surface area (Å²) in [5, 5.41) is 11.4. The van der Waals surface area contributed by atoms with Crippen LogP contribution in [-0.4, -0.2) is 25.5 Å². The second kappa shape index (κ2) is 5.52. The molecule has 7 nitrogen and oxygen atoms in total. The molecule has 0 atom stereocenters. The summed E-state index contributed by atoms with van der Waals surface area (Å²) in [7, 11) is 3.73. The summed E-state index contributed by atoms with van der Waals surface area (Å²) in [5.41, 5.74) is 4.26. The van der Waals surface area contributed by atoms with Gasteiger partial charge in [0.15, 0.2) is 0 Å². The molecule has 3 heterocycles. The third kappa shape index (κ3) is 2.54. The number of amides is 1. The van der Waals surface area contributed by atoms with Crippen molar-refractivity contribution < 1.29 is 9.53 Å². The zero-order valence-corrected chi connectivity index (χ0v) is 13.5. The molecule has 1 aromatic carbocycles. The molecule has 1 aliphatic rings. The number of fused-ring (bicyclic) bond motifs is 1. The number of nitrogens with zero attached hydrogens (tertiary/aromatic N) is 4. The van der Waals surface area contributed by atoms with Crippen molar-refractivity contribution in [2.24, 2.45) is 14.1 Å². The SMILES string of the molecule is Cn1cc(-c2cc3c(cc2OCc2ccn(C)n2)CNC3=O)cn1. The maximum atomic E-state index is 12.0. The van der Waals surface area contributed by atoms with Crippen LogP contribution in [0.15, 0.2) is 36.8 Å². The summed E-state index contributed by atoms with van der Waals surface area (Å²) in [6.45, 7) is 0.899. The van der Waals surface area contributed by atoms with Crippen molar-refractivity contribution in [1.29, 1.82) is 0 Å². The Balaban J connectivity index is 1.72. The van der Waals surface area contributed by atoms with Crippen LogP contribution < -0.4 is 10.1 Å². The number of hydrogen-bond donors (Lipinski definition) is 1. The summed E-state index contributed by atoms with van der Waals surface area (Å²) < 4.78 is 9.48. The van der Waals surface area contributed by atoms with Gasteiger partial charge in [-0.2, -0.15) is 10.2 Å². The minimum absolute atomic E-state index is 0.0496. The highest BCUT2D eigenvalue weighted by Crippen LogP contribution is 2.34. The Morgan fingerprint density at radius 1 is 1.25 bits per heavy atom. The molecule has 1 amide bonds. The first-order chi connectivity index (χ1) is 11.6. The van der Waals surface area contributed by atoms with Gasteiger partial charge in [-0.15, -0.1) is 0 Å². The van der Waals surface area contributed by atoms with Gasteiger partial charge in [0.2, 0.25) is 0 Å². The lowest BCUT2D eigenvalue weighted by Gasteiger charge is -2.11. The first-order valence-electron chi connectivity index (χ1n) is 7.65. The fraction of sp³-hybridized carbons (Fsp3) is 0.235. The molecule has 24 heavy (non-hydrogen) atoms. The summed E-state index contributed by atoms with van der Waals surface area (Å²) in [6, 6.07) is 5.73. The highest BCUT2D eigenvalue weighted by atomic mass is 16.5. The average molecular weight is 323 g/mol. The van der Waals surface area contributed by atoms with Gasteiger partial charge in [0.05, 0.1) is 11.9 Å². The van der Waals surface area contributed by atoms with Gasteiger partial charge in [0.1, 0.15) is 12.4 Å². The Bertz CT molecular complexity index is 925. The van der Waals surface area contributed by atoms with Crippen LogP contribution in [0, 0.1) is 0 Å². The Hall–Kier alpha value is -3.09. The van der Waals surface area contributed by atoms with Crippen molar-refractivity contribution in [3.8, 4) is 16.9 Å². The quantitative estimate of drug-likeness (QED) is 0.792. The van der Waals surface area contributed by atoms with Crippen molar-refractivity contribution in [3.63, 3.8) is 0 Å². The van der Waals surface area contributed by atoms with Crippen molar-refractivity contribution in [2.45, 2.75) is 13.2 Å². The number of benzene rings is 1. The van der Waals surface area contributed by atoms with Gasteiger partial charge in [0, 0.05) is 49.7 Å². The van der Waals surface area contributed by atoms with Crippen LogP contribution >= 0.6 is 0 Å². The predicted octanol–water partition coefficient (Wildman–Crippen LogP) is 1.64.